The van der Waals surface area contributed by atoms with Crippen LogP contribution in [0.1, 0.15) is 20.8 Å². The van der Waals surface area contributed by atoms with Gasteiger partial charge in [0.2, 0.25) is 0 Å². The number of halogens is 1. The van der Waals surface area contributed by atoms with Gasteiger partial charge >= 0.3 is 0 Å². The number of nitro benzene ring substituents is 1. The van der Waals surface area contributed by atoms with Gasteiger partial charge in [-0.05, 0) is 32.9 Å². The molecule has 0 saturated heterocycles. The quantitative estimate of drug-likeness (QED) is 0.643. The largest absolute Gasteiger partial charge is 0.391 e. The van der Waals surface area contributed by atoms with E-state index in [1.54, 1.807) is 26.8 Å². The van der Waals surface area contributed by atoms with Gasteiger partial charge in [-0.2, -0.15) is 0 Å². The highest BCUT2D eigenvalue weighted by molar-refractivity contribution is 6.30. The van der Waals surface area contributed by atoms with Gasteiger partial charge in [-0.3, -0.25) is 10.1 Å². The van der Waals surface area contributed by atoms with Crippen LogP contribution < -0.4 is 5.32 Å². The van der Waals surface area contributed by atoms with E-state index in [9.17, 15) is 15.2 Å². The van der Waals surface area contributed by atoms with Gasteiger partial charge in [-0.25, -0.2) is 0 Å². The van der Waals surface area contributed by atoms with Gasteiger partial charge in [0.15, 0.2) is 0 Å². The lowest BCUT2D eigenvalue weighted by molar-refractivity contribution is -0.384. The Hall–Kier alpha value is -1.33. The Morgan fingerprint density at radius 1 is 1.53 bits per heavy atom. The van der Waals surface area contributed by atoms with Gasteiger partial charge in [0, 0.05) is 11.1 Å². The standard InChI is InChI=1S/C11H15ClN2O3/c1-7(15)11(2,3)13-9-5-4-8(12)6-10(9)14(16)17/h4-7,13,15H,1-3H3. The highest BCUT2D eigenvalue weighted by Crippen LogP contribution is 2.30. The Kier molecular flexibility index (Phi) is 3.95. The minimum atomic E-state index is -0.668. The number of benzene rings is 1. The van der Waals surface area contributed by atoms with Crippen LogP contribution in [0.5, 0.6) is 0 Å². The fourth-order valence-electron chi connectivity index (χ4n) is 1.21. The maximum atomic E-state index is 10.9. The summed E-state index contributed by atoms with van der Waals surface area (Å²) in [6.45, 7) is 5.14. The van der Waals surface area contributed by atoms with E-state index in [-0.39, 0.29) is 5.69 Å². The number of aliphatic hydroxyl groups excluding tert-OH is 1. The molecule has 0 radical (unpaired) electrons. The van der Waals surface area contributed by atoms with Crippen molar-refractivity contribution in [3.8, 4) is 0 Å². The van der Waals surface area contributed by atoms with E-state index in [0.717, 1.165) is 0 Å². The third-order valence-corrected chi connectivity index (χ3v) is 2.89. The summed E-state index contributed by atoms with van der Waals surface area (Å²) in [6.07, 6.45) is -0.655. The SMILES string of the molecule is CC(O)C(C)(C)Nc1ccc(Cl)cc1[N+](=O)[O-]. The summed E-state index contributed by atoms with van der Waals surface area (Å²) in [5.41, 5.74) is -0.435. The molecule has 0 saturated carbocycles. The molecule has 1 atom stereocenters. The van der Waals surface area contributed by atoms with Crippen molar-refractivity contribution in [3.05, 3.63) is 33.3 Å². The van der Waals surface area contributed by atoms with Crippen LogP contribution in [0.15, 0.2) is 18.2 Å². The van der Waals surface area contributed by atoms with Crippen molar-refractivity contribution in [1.29, 1.82) is 0 Å². The third-order valence-electron chi connectivity index (χ3n) is 2.66. The minimum absolute atomic E-state index is 0.105. The molecule has 0 aliphatic rings. The molecule has 6 heteroatoms. The molecule has 0 amide bonds. The van der Waals surface area contributed by atoms with Crippen molar-refractivity contribution < 1.29 is 10.0 Å². The fraction of sp³-hybridized carbons (Fsp3) is 0.455. The van der Waals surface area contributed by atoms with Crippen LogP contribution in [0.25, 0.3) is 0 Å². The Labute approximate surface area is 105 Å². The maximum Gasteiger partial charge on any atom is 0.293 e. The first kappa shape index (κ1) is 13.7. The number of nitrogens with one attached hydrogen (secondary N) is 1. The zero-order valence-corrected chi connectivity index (χ0v) is 10.7. The minimum Gasteiger partial charge on any atom is -0.391 e. The van der Waals surface area contributed by atoms with Gasteiger partial charge in [-0.1, -0.05) is 11.6 Å². The van der Waals surface area contributed by atoms with E-state index >= 15 is 0 Å². The Morgan fingerprint density at radius 3 is 2.59 bits per heavy atom. The lowest BCUT2D eigenvalue weighted by Crippen LogP contribution is -2.42. The number of nitrogens with zero attached hydrogens (tertiary/aromatic N) is 1. The van der Waals surface area contributed by atoms with Crippen molar-refractivity contribution in [2.24, 2.45) is 0 Å². The molecule has 0 spiro atoms. The molecule has 0 bridgehead atoms. The lowest BCUT2D eigenvalue weighted by Gasteiger charge is -2.30. The average molecular weight is 259 g/mol. The topological polar surface area (TPSA) is 75.4 Å². The van der Waals surface area contributed by atoms with Gasteiger partial charge in [0.25, 0.3) is 5.69 Å². The monoisotopic (exact) mass is 258 g/mol. The van der Waals surface area contributed by atoms with Crippen molar-refractivity contribution in [3.63, 3.8) is 0 Å². The molecular weight excluding hydrogens is 244 g/mol. The second-order valence-corrected chi connectivity index (χ2v) is 4.88. The second kappa shape index (κ2) is 4.89. The van der Waals surface area contributed by atoms with Crippen LogP contribution in [0, 0.1) is 10.1 Å². The summed E-state index contributed by atoms with van der Waals surface area (Å²) in [5, 5.41) is 23.7. The highest BCUT2D eigenvalue weighted by atomic mass is 35.5. The number of aliphatic hydroxyl groups is 1. The maximum absolute atomic E-state index is 10.9. The molecule has 0 aliphatic heterocycles. The van der Waals surface area contributed by atoms with Crippen molar-refractivity contribution >= 4 is 23.0 Å². The Morgan fingerprint density at radius 2 is 2.12 bits per heavy atom. The molecular formula is C11H15ClN2O3. The second-order valence-electron chi connectivity index (χ2n) is 4.44. The average Bonchev–Trinajstić information content (AvgIpc) is 2.19. The number of rotatable bonds is 4. The molecule has 1 aromatic rings. The summed E-state index contributed by atoms with van der Waals surface area (Å²) < 4.78 is 0. The molecule has 94 valence electrons. The first-order valence-electron chi connectivity index (χ1n) is 5.14. The molecule has 1 unspecified atom stereocenters. The van der Waals surface area contributed by atoms with Crippen LogP contribution in [0.4, 0.5) is 11.4 Å². The summed E-state index contributed by atoms with van der Waals surface area (Å²) in [6, 6.07) is 4.38. The third kappa shape index (κ3) is 3.31. The normalized spacial score (nSPS) is 13.2. The molecule has 1 aromatic carbocycles. The Bertz CT molecular complexity index is 433. The van der Waals surface area contributed by atoms with Crippen molar-refractivity contribution in [2.45, 2.75) is 32.4 Å². The summed E-state index contributed by atoms with van der Waals surface area (Å²) in [5.74, 6) is 0. The summed E-state index contributed by atoms with van der Waals surface area (Å²) in [7, 11) is 0. The van der Waals surface area contributed by atoms with E-state index < -0.39 is 16.6 Å². The first-order chi connectivity index (χ1) is 7.74. The van der Waals surface area contributed by atoms with Crippen molar-refractivity contribution in [2.75, 3.05) is 5.32 Å². The molecule has 0 fully saturated rings. The van der Waals surface area contributed by atoms with Crippen LogP contribution in [0.2, 0.25) is 5.02 Å². The lowest BCUT2D eigenvalue weighted by atomic mass is 9.98. The number of anilines is 1. The molecule has 17 heavy (non-hydrogen) atoms. The predicted octanol–water partition coefficient (Wildman–Crippen LogP) is 2.82. The Balaban J connectivity index is 3.11. The first-order valence-corrected chi connectivity index (χ1v) is 5.52. The number of hydrogen-bond acceptors (Lipinski definition) is 4. The molecule has 0 aliphatic carbocycles. The zero-order chi connectivity index (χ0) is 13.2. The molecule has 2 N–H and O–H groups in total. The molecule has 5 nitrogen and oxygen atoms in total. The molecule has 0 heterocycles. The van der Waals surface area contributed by atoms with E-state index in [1.807, 2.05) is 0 Å². The number of hydrogen-bond donors (Lipinski definition) is 2. The van der Waals surface area contributed by atoms with E-state index in [0.29, 0.717) is 10.7 Å². The van der Waals surface area contributed by atoms with Crippen LogP contribution >= 0.6 is 11.6 Å². The van der Waals surface area contributed by atoms with Gasteiger partial charge in [0.1, 0.15) is 5.69 Å². The summed E-state index contributed by atoms with van der Waals surface area (Å²) >= 11 is 5.71. The zero-order valence-electron chi connectivity index (χ0n) is 9.90. The molecule has 0 aromatic heterocycles. The van der Waals surface area contributed by atoms with Crippen LogP contribution in [-0.4, -0.2) is 21.7 Å². The van der Waals surface area contributed by atoms with Gasteiger partial charge < -0.3 is 10.4 Å². The van der Waals surface area contributed by atoms with Gasteiger partial charge in [0.05, 0.1) is 16.6 Å². The van der Waals surface area contributed by atoms with Crippen LogP contribution in [0.3, 0.4) is 0 Å². The number of nitro groups is 1. The highest BCUT2D eigenvalue weighted by Gasteiger charge is 2.27. The fourth-order valence-corrected chi connectivity index (χ4v) is 1.38. The van der Waals surface area contributed by atoms with E-state index in [1.165, 1.54) is 12.1 Å². The van der Waals surface area contributed by atoms with Crippen LogP contribution in [-0.2, 0) is 0 Å². The molecule has 1 rings (SSSR count). The predicted molar refractivity (Wildman–Crippen MR) is 67.5 cm³/mol. The van der Waals surface area contributed by atoms with Crippen molar-refractivity contribution in [1.82, 2.24) is 0 Å². The van der Waals surface area contributed by atoms with E-state index in [4.69, 9.17) is 11.6 Å². The van der Waals surface area contributed by atoms with E-state index in [2.05, 4.69) is 5.32 Å². The smallest absolute Gasteiger partial charge is 0.293 e. The summed E-state index contributed by atoms with van der Waals surface area (Å²) in [4.78, 5) is 10.4. The van der Waals surface area contributed by atoms with Gasteiger partial charge in [-0.15, -0.1) is 0 Å².